The number of amides is 2. The summed E-state index contributed by atoms with van der Waals surface area (Å²) >= 11 is 0. The first kappa shape index (κ1) is 20.1. The van der Waals surface area contributed by atoms with Gasteiger partial charge in [0, 0.05) is 12.1 Å². The molecule has 0 spiro atoms. The van der Waals surface area contributed by atoms with Crippen LogP contribution in [0.3, 0.4) is 0 Å². The smallest absolute Gasteiger partial charge is 0.255 e. The molecule has 0 atom stereocenters. The predicted octanol–water partition coefficient (Wildman–Crippen LogP) is 4.58. The zero-order chi connectivity index (χ0) is 20.6. The summed E-state index contributed by atoms with van der Waals surface area (Å²) in [6.45, 7) is 4.89. The molecule has 0 fully saturated rings. The van der Waals surface area contributed by atoms with Crippen LogP contribution in [0.25, 0.3) is 0 Å². The fourth-order valence-electron chi connectivity index (χ4n) is 2.84. The molecule has 3 rings (SSSR count). The van der Waals surface area contributed by atoms with Crippen LogP contribution in [0.15, 0.2) is 72.8 Å². The normalized spacial score (nSPS) is 10.3. The van der Waals surface area contributed by atoms with Crippen LogP contribution in [-0.4, -0.2) is 18.4 Å². The van der Waals surface area contributed by atoms with Crippen molar-refractivity contribution >= 4 is 17.5 Å². The first-order valence-electron chi connectivity index (χ1n) is 9.54. The predicted molar refractivity (Wildman–Crippen MR) is 114 cm³/mol. The summed E-state index contributed by atoms with van der Waals surface area (Å²) in [6.07, 6.45) is 0. The summed E-state index contributed by atoms with van der Waals surface area (Å²) in [5, 5.41) is 5.73. The number of anilines is 1. The van der Waals surface area contributed by atoms with Crippen LogP contribution in [0.5, 0.6) is 5.75 Å². The van der Waals surface area contributed by atoms with Gasteiger partial charge in [-0.05, 0) is 55.8 Å². The van der Waals surface area contributed by atoms with Gasteiger partial charge >= 0.3 is 0 Å². The standard InChI is InChI=1S/C24H24N2O3/c1-3-29-20-14-10-18(11-15-20)16-25-24(28)21-6-4-5-7-22(21)26-23(27)19-12-8-17(2)9-13-19/h4-15H,3,16H2,1-2H3,(H,25,28)(H,26,27). The molecule has 0 bridgehead atoms. The van der Waals surface area contributed by atoms with Gasteiger partial charge in [-0.3, -0.25) is 9.59 Å². The quantitative estimate of drug-likeness (QED) is 0.623. The number of carbonyl (C=O) groups excluding carboxylic acids is 2. The highest BCUT2D eigenvalue weighted by molar-refractivity contribution is 6.09. The second-order valence-electron chi connectivity index (χ2n) is 6.63. The molecule has 2 N–H and O–H groups in total. The molecule has 0 saturated heterocycles. The third-order valence-corrected chi connectivity index (χ3v) is 4.42. The first-order chi connectivity index (χ1) is 14.1. The Labute approximate surface area is 170 Å². The third kappa shape index (κ3) is 5.45. The van der Waals surface area contributed by atoms with E-state index in [0.29, 0.717) is 30.0 Å². The number of ether oxygens (including phenoxy) is 1. The lowest BCUT2D eigenvalue weighted by molar-refractivity contribution is 0.0952. The number of para-hydroxylation sites is 1. The molecule has 5 nitrogen and oxygen atoms in total. The van der Waals surface area contributed by atoms with Crippen molar-refractivity contribution in [3.05, 3.63) is 95.1 Å². The van der Waals surface area contributed by atoms with Gasteiger partial charge in [0.25, 0.3) is 11.8 Å². The van der Waals surface area contributed by atoms with Crippen LogP contribution in [0.1, 0.15) is 38.8 Å². The molecule has 0 saturated carbocycles. The molecule has 0 aliphatic rings. The zero-order valence-electron chi connectivity index (χ0n) is 16.6. The van der Waals surface area contributed by atoms with E-state index in [2.05, 4.69) is 10.6 Å². The fourth-order valence-corrected chi connectivity index (χ4v) is 2.84. The van der Waals surface area contributed by atoms with Crippen molar-refractivity contribution in [2.75, 3.05) is 11.9 Å². The molecule has 148 valence electrons. The fraction of sp³-hybridized carbons (Fsp3) is 0.167. The van der Waals surface area contributed by atoms with Crippen molar-refractivity contribution in [2.24, 2.45) is 0 Å². The molecule has 3 aromatic rings. The van der Waals surface area contributed by atoms with E-state index < -0.39 is 0 Å². The zero-order valence-corrected chi connectivity index (χ0v) is 16.6. The number of hydrogen-bond donors (Lipinski definition) is 2. The number of nitrogens with one attached hydrogen (secondary N) is 2. The van der Waals surface area contributed by atoms with Gasteiger partial charge < -0.3 is 15.4 Å². The lowest BCUT2D eigenvalue weighted by Crippen LogP contribution is -2.24. The molecule has 5 heteroatoms. The van der Waals surface area contributed by atoms with Crippen LogP contribution in [0.4, 0.5) is 5.69 Å². The summed E-state index contributed by atoms with van der Waals surface area (Å²) in [7, 11) is 0. The molecule has 0 radical (unpaired) electrons. The molecular weight excluding hydrogens is 364 g/mol. The highest BCUT2D eigenvalue weighted by atomic mass is 16.5. The third-order valence-electron chi connectivity index (χ3n) is 4.42. The van der Waals surface area contributed by atoms with Crippen molar-refractivity contribution in [3.63, 3.8) is 0 Å². The van der Waals surface area contributed by atoms with Crippen molar-refractivity contribution in [3.8, 4) is 5.75 Å². The van der Waals surface area contributed by atoms with E-state index in [9.17, 15) is 9.59 Å². The summed E-state index contributed by atoms with van der Waals surface area (Å²) in [5.74, 6) is 0.294. The summed E-state index contributed by atoms with van der Waals surface area (Å²) < 4.78 is 5.42. The number of aryl methyl sites for hydroxylation is 1. The lowest BCUT2D eigenvalue weighted by atomic mass is 10.1. The van der Waals surface area contributed by atoms with E-state index in [4.69, 9.17) is 4.74 Å². The monoisotopic (exact) mass is 388 g/mol. The Bertz CT molecular complexity index is 980. The minimum absolute atomic E-state index is 0.251. The largest absolute Gasteiger partial charge is 0.494 e. The summed E-state index contributed by atoms with van der Waals surface area (Å²) in [4.78, 5) is 25.2. The van der Waals surface area contributed by atoms with Gasteiger partial charge in [-0.1, -0.05) is 42.0 Å². The molecule has 0 aliphatic heterocycles. The molecule has 0 aromatic heterocycles. The Hall–Kier alpha value is -3.60. The first-order valence-corrected chi connectivity index (χ1v) is 9.54. The molecule has 2 amide bonds. The minimum Gasteiger partial charge on any atom is -0.494 e. The number of rotatable bonds is 7. The number of carbonyl (C=O) groups is 2. The van der Waals surface area contributed by atoms with Crippen LogP contribution in [0.2, 0.25) is 0 Å². The molecule has 29 heavy (non-hydrogen) atoms. The second-order valence-corrected chi connectivity index (χ2v) is 6.63. The molecular formula is C24H24N2O3. The topological polar surface area (TPSA) is 67.4 Å². The van der Waals surface area contributed by atoms with Crippen molar-refractivity contribution in [1.82, 2.24) is 5.32 Å². The average molecular weight is 388 g/mol. The maximum Gasteiger partial charge on any atom is 0.255 e. The molecule has 0 heterocycles. The van der Waals surface area contributed by atoms with Crippen LogP contribution in [-0.2, 0) is 6.54 Å². The Kier molecular flexibility index (Phi) is 6.63. The molecule has 0 aliphatic carbocycles. The average Bonchev–Trinajstić information content (AvgIpc) is 2.74. The molecule has 3 aromatic carbocycles. The van der Waals surface area contributed by atoms with Crippen LogP contribution >= 0.6 is 0 Å². The summed E-state index contributed by atoms with van der Waals surface area (Å²) in [6, 6.07) is 21.8. The van der Waals surface area contributed by atoms with Gasteiger partial charge in [0.15, 0.2) is 0 Å². The SMILES string of the molecule is CCOc1ccc(CNC(=O)c2ccccc2NC(=O)c2ccc(C)cc2)cc1. The molecule has 0 unspecified atom stereocenters. The van der Waals surface area contributed by atoms with Crippen molar-refractivity contribution in [1.29, 1.82) is 0 Å². The van der Waals surface area contributed by atoms with Gasteiger partial charge in [0.2, 0.25) is 0 Å². The van der Waals surface area contributed by atoms with E-state index in [-0.39, 0.29) is 11.8 Å². The van der Waals surface area contributed by atoms with E-state index >= 15 is 0 Å². The van der Waals surface area contributed by atoms with Gasteiger partial charge in [-0.2, -0.15) is 0 Å². The Balaban J connectivity index is 1.66. The Morgan fingerprint density at radius 2 is 1.55 bits per heavy atom. The second kappa shape index (κ2) is 9.55. The van der Waals surface area contributed by atoms with Gasteiger partial charge in [0.1, 0.15) is 5.75 Å². The highest BCUT2D eigenvalue weighted by Gasteiger charge is 2.14. The van der Waals surface area contributed by atoms with Crippen LogP contribution in [0, 0.1) is 6.92 Å². The van der Waals surface area contributed by atoms with Gasteiger partial charge in [-0.25, -0.2) is 0 Å². The lowest BCUT2D eigenvalue weighted by Gasteiger charge is -2.12. The summed E-state index contributed by atoms with van der Waals surface area (Å²) in [5.41, 5.74) is 3.47. The van der Waals surface area contributed by atoms with E-state index in [1.807, 2.05) is 50.2 Å². The van der Waals surface area contributed by atoms with E-state index in [1.54, 1.807) is 36.4 Å². The maximum atomic E-state index is 12.7. The van der Waals surface area contributed by atoms with E-state index in [1.165, 1.54) is 0 Å². The van der Waals surface area contributed by atoms with E-state index in [0.717, 1.165) is 16.9 Å². The van der Waals surface area contributed by atoms with Gasteiger partial charge in [-0.15, -0.1) is 0 Å². The maximum absolute atomic E-state index is 12.7. The van der Waals surface area contributed by atoms with Gasteiger partial charge in [0.05, 0.1) is 17.9 Å². The van der Waals surface area contributed by atoms with Crippen molar-refractivity contribution < 1.29 is 14.3 Å². The van der Waals surface area contributed by atoms with Crippen molar-refractivity contribution in [2.45, 2.75) is 20.4 Å². The number of benzene rings is 3. The Morgan fingerprint density at radius 1 is 0.862 bits per heavy atom. The van der Waals surface area contributed by atoms with Crippen LogP contribution < -0.4 is 15.4 Å². The number of hydrogen-bond acceptors (Lipinski definition) is 3. The Morgan fingerprint density at radius 3 is 2.24 bits per heavy atom. The highest BCUT2D eigenvalue weighted by Crippen LogP contribution is 2.17. The minimum atomic E-state index is -0.253.